The van der Waals surface area contributed by atoms with E-state index in [-0.39, 0.29) is 24.0 Å². The minimum atomic E-state index is 0. The fourth-order valence-corrected chi connectivity index (χ4v) is 1.27. The first-order chi connectivity index (χ1) is 7.61. The van der Waals surface area contributed by atoms with Crippen molar-refractivity contribution in [1.29, 1.82) is 0 Å². The summed E-state index contributed by atoms with van der Waals surface area (Å²) in [4.78, 5) is 12.6. The lowest BCUT2D eigenvalue weighted by molar-refractivity contribution is 0.892. The van der Waals surface area contributed by atoms with E-state index in [0.29, 0.717) is 19.0 Å². The molecular weight excluding hydrogens is 329 g/mol. The summed E-state index contributed by atoms with van der Waals surface area (Å²) in [5, 5.41) is 2.90. The maximum Gasteiger partial charge on any atom is 0.189 e. The molecule has 0 fully saturated rings. The summed E-state index contributed by atoms with van der Waals surface area (Å²) in [6, 6.07) is 1.90. The molecule has 0 saturated carbocycles. The highest BCUT2D eigenvalue weighted by Gasteiger charge is 1.98. The molecule has 5 nitrogen and oxygen atoms in total. The average Bonchev–Trinajstić information content (AvgIpc) is 2.22. The number of nitrogens with zero attached hydrogens (tertiary/aromatic N) is 3. The molecule has 0 aromatic carbocycles. The van der Waals surface area contributed by atoms with E-state index in [1.54, 1.807) is 6.08 Å². The molecule has 1 aromatic rings. The van der Waals surface area contributed by atoms with Crippen LogP contribution in [0.2, 0.25) is 0 Å². The van der Waals surface area contributed by atoms with Crippen LogP contribution in [0.1, 0.15) is 17.2 Å². The van der Waals surface area contributed by atoms with Crippen LogP contribution in [-0.2, 0) is 6.54 Å². The van der Waals surface area contributed by atoms with Crippen molar-refractivity contribution in [3.63, 3.8) is 0 Å². The number of hydrogen-bond acceptors (Lipinski definition) is 3. The summed E-state index contributed by atoms with van der Waals surface area (Å²) in [6.07, 6.45) is 1.72. The molecule has 0 radical (unpaired) electrons. The van der Waals surface area contributed by atoms with Gasteiger partial charge in [0.05, 0.1) is 12.2 Å². The van der Waals surface area contributed by atoms with Gasteiger partial charge < -0.3 is 11.1 Å². The number of aromatic nitrogens is 2. The van der Waals surface area contributed by atoms with Gasteiger partial charge in [-0.25, -0.2) is 15.0 Å². The van der Waals surface area contributed by atoms with E-state index in [4.69, 9.17) is 5.73 Å². The summed E-state index contributed by atoms with van der Waals surface area (Å²) in [5.41, 5.74) is 7.44. The van der Waals surface area contributed by atoms with Crippen LogP contribution in [0.4, 0.5) is 0 Å². The molecule has 94 valence electrons. The van der Waals surface area contributed by atoms with E-state index in [1.165, 1.54) is 0 Å². The molecule has 0 aliphatic rings. The Bertz CT molecular complexity index is 383. The van der Waals surface area contributed by atoms with Gasteiger partial charge in [0.2, 0.25) is 0 Å². The first-order valence-electron chi connectivity index (χ1n) is 5.07. The Labute approximate surface area is 119 Å². The molecular formula is C11H18IN5. The van der Waals surface area contributed by atoms with Crippen molar-refractivity contribution < 1.29 is 0 Å². The first kappa shape index (κ1) is 15.8. The van der Waals surface area contributed by atoms with Gasteiger partial charge in [0.1, 0.15) is 5.82 Å². The van der Waals surface area contributed by atoms with E-state index in [9.17, 15) is 0 Å². The minimum absolute atomic E-state index is 0. The maximum absolute atomic E-state index is 5.63. The number of aliphatic imine (C=N–C) groups is 1. The van der Waals surface area contributed by atoms with E-state index in [2.05, 4.69) is 26.9 Å². The SMILES string of the molecule is C=CCNC(N)=NCc1cc(C)nc(C)n1.I. The van der Waals surface area contributed by atoms with Crippen LogP contribution < -0.4 is 11.1 Å². The van der Waals surface area contributed by atoms with E-state index >= 15 is 0 Å². The van der Waals surface area contributed by atoms with Crippen molar-refractivity contribution in [2.45, 2.75) is 20.4 Å². The van der Waals surface area contributed by atoms with Gasteiger partial charge in [-0.3, -0.25) is 0 Å². The molecule has 0 atom stereocenters. The van der Waals surface area contributed by atoms with Crippen LogP contribution >= 0.6 is 24.0 Å². The van der Waals surface area contributed by atoms with Crippen molar-refractivity contribution >= 4 is 29.9 Å². The lowest BCUT2D eigenvalue weighted by Crippen LogP contribution is -2.31. The molecule has 0 aliphatic heterocycles. The molecule has 0 aliphatic carbocycles. The summed E-state index contributed by atoms with van der Waals surface area (Å²) in [5.74, 6) is 1.15. The van der Waals surface area contributed by atoms with Crippen LogP contribution in [0.3, 0.4) is 0 Å². The van der Waals surface area contributed by atoms with Crippen molar-refractivity contribution in [2.75, 3.05) is 6.54 Å². The Hall–Kier alpha value is -1.18. The molecule has 0 unspecified atom stereocenters. The number of nitrogens with two attached hydrogens (primary N) is 1. The van der Waals surface area contributed by atoms with E-state index in [0.717, 1.165) is 17.2 Å². The normalized spacial score (nSPS) is 10.6. The first-order valence-corrected chi connectivity index (χ1v) is 5.07. The number of aryl methyl sites for hydroxylation is 2. The quantitative estimate of drug-likeness (QED) is 0.373. The van der Waals surface area contributed by atoms with E-state index < -0.39 is 0 Å². The molecule has 0 spiro atoms. The molecule has 1 rings (SSSR count). The monoisotopic (exact) mass is 347 g/mol. The van der Waals surface area contributed by atoms with Gasteiger partial charge in [0.15, 0.2) is 5.96 Å². The fourth-order valence-electron chi connectivity index (χ4n) is 1.27. The highest BCUT2D eigenvalue weighted by molar-refractivity contribution is 14.0. The number of halogens is 1. The van der Waals surface area contributed by atoms with Crippen molar-refractivity contribution in [3.8, 4) is 0 Å². The topological polar surface area (TPSA) is 76.2 Å². The maximum atomic E-state index is 5.63. The Morgan fingerprint density at radius 2 is 2.24 bits per heavy atom. The second kappa shape index (κ2) is 7.99. The van der Waals surface area contributed by atoms with Gasteiger partial charge in [0, 0.05) is 12.2 Å². The van der Waals surface area contributed by atoms with E-state index in [1.807, 2.05) is 19.9 Å². The van der Waals surface area contributed by atoms with Crippen LogP contribution in [0.25, 0.3) is 0 Å². The third kappa shape index (κ3) is 6.20. The molecule has 3 N–H and O–H groups in total. The largest absolute Gasteiger partial charge is 0.370 e. The number of guanidine groups is 1. The fraction of sp³-hybridized carbons (Fsp3) is 0.364. The van der Waals surface area contributed by atoms with Gasteiger partial charge in [-0.2, -0.15) is 0 Å². The highest BCUT2D eigenvalue weighted by Crippen LogP contribution is 2.01. The van der Waals surface area contributed by atoms with Gasteiger partial charge in [-0.1, -0.05) is 6.08 Å². The van der Waals surface area contributed by atoms with Crippen molar-refractivity contribution in [3.05, 3.63) is 35.9 Å². The highest BCUT2D eigenvalue weighted by atomic mass is 127. The lowest BCUT2D eigenvalue weighted by atomic mass is 10.3. The Morgan fingerprint density at radius 1 is 1.53 bits per heavy atom. The molecule has 0 saturated heterocycles. The smallest absolute Gasteiger partial charge is 0.189 e. The van der Waals surface area contributed by atoms with Gasteiger partial charge in [-0.15, -0.1) is 30.6 Å². The predicted octanol–water partition coefficient (Wildman–Crippen LogP) is 1.30. The van der Waals surface area contributed by atoms with Crippen LogP contribution in [-0.4, -0.2) is 22.5 Å². The Morgan fingerprint density at radius 3 is 2.82 bits per heavy atom. The number of rotatable bonds is 4. The molecule has 1 aromatic heterocycles. The zero-order chi connectivity index (χ0) is 12.0. The summed E-state index contributed by atoms with van der Waals surface area (Å²) in [6.45, 7) is 8.44. The van der Waals surface area contributed by atoms with Crippen molar-refractivity contribution in [2.24, 2.45) is 10.7 Å². The predicted molar refractivity (Wildman–Crippen MR) is 80.4 cm³/mol. The second-order valence-corrected chi connectivity index (χ2v) is 3.42. The minimum Gasteiger partial charge on any atom is -0.370 e. The van der Waals surface area contributed by atoms with Crippen molar-refractivity contribution in [1.82, 2.24) is 15.3 Å². The molecule has 6 heteroatoms. The number of nitrogens with one attached hydrogen (secondary N) is 1. The van der Waals surface area contributed by atoms with Gasteiger partial charge >= 0.3 is 0 Å². The average molecular weight is 347 g/mol. The summed E-state index contributed by atoms with van der Waals surface area (Å²) >= 11 is 0. The van der Waals surface area contributed by atoms with Gasteiger partial charge in [-0.05, 0) is 19.9 Å². The van der Waals surface area contributed by atoms with Crippen LogP contribution in [0.5, 0.6) is 0 Å². The lowest BCUT2D eigenvalue weighted by Gasteiger charge is -2.03. The zero-order valence-corrected chi connectivity index (χ0v) is 12.4. The summed E-state index contributed by atoms with van der Waals surface area (Å²) in [7, 11) is 0. The van der Waals surface area contributed by atoms with Crippen LogP contribution in [0.15, 0.2) is 23.7 Å². The molecule has 1 heterocycles. The molecule has 17 heavy (non-hydrogen) atoms. The summed E-state index contributed by atoms with van der Waals surface area (Å²) < 4.78 is 0. The Kier molecular flexibility index (Phi) is 7.44. The standard InChI is InChI=1S/C11H17N5.HI/c1-4-5-13-11(12)14-7-10-6-8(2)15-9(3)16-10;/h4,6H,1,5,7H2,2-3H3,(H3,12,13,14);1H. The third-order valence-electron chi connectivity index (χ3n) is 1.86. The zero-order valence-electron chi connectivity index (χ0n) is 10.1. The third-order valence-corrected chi connectivity index (χ3v) is 1.86. The Balaban J connectivity index is 0.00000256. The molecule has 0 bridgehead atoms. The molecule has 0 amide bonds. The second-order valence-electron chi connectivity index (χ2n) is 3.42. The van der Waals surface area contributed by atoms with Crippen LogP contribution in [0, 0.1) is 13.8 Å². The van der Waals surface area contributed by atoms with Gasteiger partial charge in [0.25, 0.3) is 0 Å². The number of hydrogen-bond donors (Lipinski definition) is 2.